The molecule has 0 aliphatic carbocycles. The Balaban J connectivity index is 4.84. The second kappa shape index (κ2) is 8.24. The number of carbonyl (C=O) groups excluding carboxylic acids is 2. The van der Waals surface area contributed by atoms with Crippen molar-refractivity contribution in [2.24, 2.45) is 5.41 Å². The molecule has 0 atom stereocenters. The highest BCUT2D eigenvalue weighted by molar-refractivity contribution is 7.46. The number of phosphoric acid groups is 1. The zero-order valence-corrected chi connectivity index (χ0v) is 13.7. The van der Waals surface area contributed by atoms with E-state index in [9.17, 15) is 14.2 Å². The maximum absolute atomic E-state index is 11.4. The zero-order chi connectivity index (χ0) is 17.6. The minimum atomic E-state index is -4.71. The van der Waals surface area contributed by atoms with Gasteiger partial charge in [0.05, 0.1) is 12.0 Å². The van der Waals surface area contributed by atoms with Crippen molar-refractivity contribution in [3.8, 4) is 0 Å². The summed E-state index contributed by atoms with van der Waals surface area (Å²) in [6.07, 6.45) is 0. The fourth-order valence-corrected chi connectivity index (χ4v) is 1.57. The lowest BCUT2D eigenvalue weighted by Gasteiger charge is -2.28. The molecule has 0 aliphatic rings. The number of esters is 2. The molecule has 0 saturated heterocycles. The molecule has 0 saturated carbocycles. The fraction of sp³-hybridized carbons (Fsp3) is 0.538. The van der Waals surface area contributed by atoms with Crippen molar-refractivity contribution in [3.05, 3.63) is 24.3 Å². The zero-order valence-electron chi connectivity index (χ0n) is 12.8. The molecule has 9 heteroatoms. The first-order valence-electron chi connectivity index (χ1n) is 6.22. The number of phosphoric ester groups is 1. The van der Waals surface area contributed by atoms with Crippen molar-refractivity contribution in [1.82, 2.24) is 0 Å². The molecule has 0 aromatic rings. The minimum Gasteiger partial charge on any atom is -0.462 e. The highest BCUT2D eigenvalue weighted by Crippen LogP contribution is 2.38. The van der Waals surface area contributed by atoms with E-state index in [1.54, 1.807) is 0 Å². The number of hydrogen-bond acceptors (Lipinski definition) is 6. The van der Waals surface area contributed by atoms with Crippen LogP contribution in [0, 0.1) is 5.41 Å². The SMILES string of the molecule is C=C(C)C(=O)OCC(C)(COC(=O)C(=C)C)COP(=O)(O)O. The van der Waals surface area contributed by atoms with Gasteiger partial charge >= 0.3 is 19.8 Å². The van der Waals surface area contributed by atoms with Gasteiger partial charge in [0, 0.05) is 11.1 Å². The topological polar surface area (TPSA) is 119 Å². The second-order valence-corrected chi connectivity index (χ2v) is 6.53. The van der Waals surface area contributed by atoms with Crippen LogP contribution in [-0.2, 0) is 28.2 Å². The Morgan fingerprint density at radius 1 is 1.00 bits per heavy atom. The van der Waals surface area contributed by atoms with Crippen LogP contribution >= 0.6 is 7.82 Å². The van der Waals surface area contributed by atoms with Crippen molar-refractivity contribution < 1.29 is 37.9 Å². The van der Waals surface area contributed by atoms with Gasteiger partial charge in [-0.25, -0.2) is 14.2 Å². The molecule has 126 valence electrons. The van der Waals surface area contributed by atoms with Crippen molar-refractivity contribution >= 4 is 19.8 Å². The van der Waals surface area contributed by atoms with Crippen LogP contribution in [0.3, 0.4) is 0 Å². The maximum Gasteiger partial charge on any atom is 0.469 e. The van der Waals surface area contributed by atoms with E-state index in [0.29, 0.717) is 0 Å². The predicted octanol–water partition coefficient (Wildman–Crippen LogP) is 1.34. The summed E-state index contributed by atoms with van der Waals surface area (Å²) >= 11 is 0. The Morgan fingerprint density at radius 3 is 1.64 bits per heavy atom. The molecule has 0 fully saturated rings. The van der Waals surface area contributed by atoms with E-state index in [1.165, 1.54) is 20.8 Å². The number of hydrogen-bond donors (Lipinski definition) is 2. The summed E-state index contributed by atoms with van der Waals surface area (Å²) in [5, 5.41) is 0. The molecule has 0 aromatic carbocycles. The van der Waals surface area contributed by atoms with E-state index >= 15 is 0 Å². The minimum absolute atomic E-state index is 0.164. The Labute approximate surface area is 129 Å². The molecule has 0 spiro atoms. The molecule has 0 aromatic heterocycles. The molecular weight excluding hydrogens is 315 g/mol. The summed E-state index contributed by atoms with van der Waals surface area (Å²) < 4.78 is 25.1. The summed E-state index contributed by atoms with van der Waals surface area (Å²) in [5.41, 5.74) is -0.813. The number of ether oxygens (including phenoxy) is 2. The fourth-order valence-electron chi connectivity index (χ4n) is 1.09. The summed E-state index contributed by atoms with van der Waals surface area (Å²) in [5.74, 6) is -1.35. The number of rotatable bonds is 9. The Bertz CT molecular complexity index is 474. The molecule has 0 amide bonds. The van der Waals surface area contributed by atoms with E-state index in [0.717, 1.165) is 0 Å². The van der Waals surface area contributed by atoms with Gasteiger partial charge in [0.2, 0.25) is 0 Å². The van der Waals surface area contributed by atoms with Gasteiger partial charge in [0.25, 0.3) is 0 Å². The van der Waals surface area contributed by atoms with Crippen LogP contribution in [-0.4, -0.2) is 41.5 Å². The van der Waals surface area contributed by atoms with E-state index in [2.05, 4.69) is 17.7 Å². The third-order valence-electron chi connectivity index (χ3n) is 2.38. The molecule has 0 heterocycles. The van der Waals surface area contributed by atoms with Gasteiger partial charge in [0.1, 0.15) is 13.2 Å². The van der Waals surface area contributed by atoms with Gasteiger partial charge in [0.15, 0.2) is 0 Å². The van der Waals surface area contributed by atoms with Gasteiger partial charge in [-0.3, -0.25) is 4.52 Å². The largest absolute Gasteiger partial charge is 0.469 e. The summed E-state index contributed by atoms with van der Waals surface area (Å²) in [4.78, 5) is 40.3. The third-order valence-corrected chi connectivity index (χ3v) is 2.85. The van der Waals surface area contributed by atoms with Gasteiger partial charge < -0.3 is 19.3 Å². The highest BCUT2D eigenvalue weighted by Gasteiger charge is 2.32. The summed E-state index contributed by atoms with van der Waals surface area (Å²) in [6, 6.07) is 0. The van der Waals surface area contributed by atoms with Crippen LogP contribution < -0.4 is 0 Å². The standard InChI is InChI=1S/C13H21O8P/c1-9(2)11(14)19-6-13(5,8-21-22(16,17)18)7-20-12(15)10(3)4/h1,3,6-8H2,2,4-5H3,(H2,16,17,18). The quantitative estimate of drug-likeness (QED) is 0.368. The molecule has 0 aliphatic heterocycles. The number of carbonyl (C=O) groups is 2. The van der Waals surface area contributed by atoms with Crippen LogP contribution in [0.1, 0.15) is 20.8 Å². The summed E-state index contributed by atoms with van der Waals surface area (Å²) in [6.45, 7) is 10.2. The molecule has 22 heavy (non-hydrogen) atoms. The van der Waals surface area contributed by atoms with E-state index in [4.69, 9.17) is 19.3 Å². The van der Waals surface area contributed by atoms with Crippen LogP contribution in [0.4, 0.5) is 0 Å². The van der Waals surface area contributed by atoms with E-state index in [1.807, 2.05) is 0 Å². The lowest BCUT2D eigenvalue weighted by molar-refractivity contribution is -0.150. The average molecular weight is 336 g/mol. The normalized spacial score (nSPS) is 11.7. The molecule has 0 bridgehead atoms. The second-order valence-electron chi connectivity index (χ2n) is 5.29. The molecule has 0 rings (SSSR count). The smallest absolute Gasteiger partial charge is 0.462 e. The van der Waals surface area contributed by atoms with Crippen molar-refractivity contribution in [1.29, 1.82) is 0 Å². The average Bonchev–Trinajstić information content (AvgIpc) is 2.39. The first-order valence-corrected chi connectivity index (χ1v) is 7.75. The van der Waals surface area contributed by atoms with Gasteiger partial charge in [-0.1, -0.05) is 20.1 Å². The molecule has 0 radical (unpaired) electrons. The Kier molecular flexibility index (Phi) is 7.69. The monoisotopic (exact) mass is 336 g/mol. The van der Waals surface area contributed by atoms with Gasteiger partial charge in [-0.15, -0.1) is 0 Å². The summed E-state index contributed by atoms with van der Waals surface area (Å²) in [7, 11) is -4.71. The lowest BCUT2D eigenvalue weighted by atomic mass is 9.94. The van der Waals surface area contributed by atoms with Crippen molar-refractivity contribution in [3.63, 3.8) is 0 Å². The molecule has 2 N–H and O–H groups in total. The Morgan fingerprint density at radius 2 is 1.36 bits per heavy atom. The lowest BCUT2D eigenvalue weighted by Crippen LogP contribution is -2.36. The highest BCUT2D eigenvalue weighted by atomic mass is 31.2. The third kappa shape index (κ3) is 8.74. The van der Waals surface area contributed by atoms with Crippen LogP contribution in [0.15, 0.2) is 24.3 Å². The van der Waals surface area contributed by atoms with E-state index in [-0.39, 0.29) is 24.4 Å². The van der Waals surface area contributed by atoms with Gasteiger partial charge in [-0.05, 0) is 13.8 Å². The maximum atomic E-state index is 11.4. The predicted molar refractivity (Wildman–Crippen MR) is 77.6 cm³/mol. The first-order chi connectivity index (χ1) is 9.86. The molecule has 0 unspecified atom stereocenters. The van der Waals surface area contributed by atoms with Crippen LogP contribution in [0.5, 0.6) is 0 Å². The van der Waals surface area contributed by atoms with E-state index < -0.39 is 31.8 Å². The van der Waals surface area contributed by atoms with Crippen LogP contribution in [0.25, 0.3) is 0 Å². The molecule has 8 nitrogen and oxygen atoms in total. The molecular formula is C13H21O8P. The van der Waals surface area contributed by atoms with Gasteiger partial charge in [-0.2, -0.15) is 0 Å². The first kappa shape index (κ1) is 20.5. The van der Waals surface area contributed by atoms with Crippen LogP contribution in [0.2, 0.25) is 0 Å². The van der Waals surface area contributed by atoms with Crippen molar-refractivity contribution in [2.75, 3.05) is 19.8 Å². The van der Waals surface area contributed by atoms with Crippen molar-refractivity contribution in [2.45, 2.75) is 20.8 Å². The Hall–Kier alpha value is -1.47.